The van der Waals surface area contributed by atoms with Gasteiger partial charge in [0.05, 0.1) is 29.0 Å². The maximum Gasteiger partial charge on any atom is 0.338 e. The Morgan fingerprint density at radius 3 is 2.40 bits per heavy atom. The molecule has 2 aromatic carbocycles. The molecule has 1 heterocycles. The zero-order valence-electron chi connectivity index (χ0n) is 16.0. The number of anilines is 3. The van der Waals surface area contributed by atoms with Crippen molar-refractivity contribution in [3.05, 3.63) is 88.1 Å². The average molecular weight is 406 g/mol. The fourth-order valence-corrected chi connectivity index (χ4v) is 2.60. The molecule has 2 N–H and O–H groups in total. The minimum Gasteiger partial charge on any atom is -0.462 e. The van der Waals surface area contributed by atoms with Crippen LogP contribution in [-0.2, 0) is 4.74 Å². The highest BCUT2D eigenvalue weighted by Gasteiger charge is 2.19. The Balaban J connectivity index is 1.76. The summed E-state index contributed by atoms with van der Waals surface area (Å²) < 4.78 is 4.87. The second-order valence-electron chi connectivity index (χ2n) is 6.12. The molecule has 0 fully saturated rings. The first kappa shape index (κ1) is 20.5. The highest BCUT2D eigenvalue weighted by atomic mass is 16.6. The van der Waals surface area contributed by atoms with Gasteiger partial charge in [0.25, 0.3) is 11.6 Å². The molecule has 1 amide bonds. The van der Waals surface area contributed by atoms with Crippen molar-refractivity contribution in [2.24, 2.45) is 0 Å². The quantitative estimate of drug-likeness (QED) is 0.343. The number of non-ortho nitro benzene ring substituents is 1. The Labute approximate surface area is 171 Å². The molecule has 0 bridgehead atoms. The number of hydrogen-bond donors (Lipinski definition) is 2. The standard InChI is InChI=1S/C21H18N4O5/c1-2-30-21(27)15-10-14(11-18(12-15)25(28)29)20(26)24-19-9-8-17(13-22-19)23-16-6-4-3-5-7-16/h3-13,23H,2H2,1H3,(H,22,24,26). The molecular formula is C21H18N4O5. The number of rotatable bonds is 7. The van der Waals surface area contributed by atoms with Gasteiger partial charge in [0.1, 0.15) is 5.82 Å². The first-order valence-corrected chi connectivity index (χ1v) is 9.02. The van der Waals surface area contributed by atoms with Crippen molar-refractivity contribution in [1.29, 1.82) is 0 Å². The molecule has 9 nitrogen and oxygen atoms in total. The first-order valence-electron chi connectivity index (χ1n) is 9.02. The Hall–Kier alpha value is -4.27. The van der Waals surface area contributed by atoms with E-state index in [1.165, 1.54) is 6.07 Å². The van der Waals surface area contributed by atoms with Gasteiger partial charge < -0.3 is 15.4 Å². The number of para-hydroxylation sites is 1. The third-order valence-electron chi connectivity index (χ3n) is 3.97. The highest BCUT2D eigenvalue weighted by Crippen LogP contribution is 2.20. The lowest BCUT2D eigenvalue weighted by molar-refractivity contribution is -0.384. The molecule has 3 rings (SSSR count). The van der Waals surface area contributed by atoms with Crippen LogP contribution in [-0.4, -0.2) is 28.4 Å². The molecule has 3 aromatic rings. The van der Waals surface area contributed by atoms with E-state index in [1.807, 2.05) is 30.3 Å². The number of nitro groups is 1. The van der Waals surface area contributed by atoms with Gasteiger partial charge in [-0.3, -0.25) is 14.9 Å². The third-order valence-corrected chi connectivity index (χ3v) is 3.97. The van der Waals surface area contributed by atoms with Gasteiger partial charge >= 0.3 is 5.97 Å². The van der Waals surface area contributed by atoms with Crippen LogP contribution in [0, 0.1) is 10.1 Å². The topological polar surface area (TPSA) is 123 Å². The van der Waals surface area contributed by atoms with Gasteiger partial charge in [0, 0.05) is 23.4 Å². The number of ether oxygens (including phenoxy) is 1. The molecule has 0 unspecified atom stereocenters. The van der Waals surface area contributed by atoms with Crippen LogP contribution in [0.3, 0.4) is 0 Å². The van der Waals surface area contributed by atoms with Gasteiger partial charge in [-0.1, -0.05) is 18.2 Å². The lowest BCUT2D eigenvalue weighted by Crippen LogP contribution is -2.15. The van der Waals surface area contributed by atoms with Crippen LogP contribution in [0.25, 0.3) is 0 Å². The van der Waals surface area contributed by atoms with E-state index in [0.29, 0.717) is 0 Å². The number of aromatic nitrogens is 1. The third kappa shape index (κ3) is 5.16. The summed E-state index contributed by atoms with van der Waals surface area (Å²) in [5, 5.41) is 16.9. The maximum atomic E-state index is 12.6. The predicted octanol–water partition coefficient (Wildman–Crippen LogP) is 4.16. The van der Waals surface area contributed by atoms with Crippen LogP contribution in [0.1, 0.15) is 27.6 Å². The normalized spacial score (nSPS) is 10.2. The molecule has 30 heavy (non-hydrogen) atoms. The van der Waals surface area contributed by atoms with Crippen molar-refractivity contribution < 1.29 is 19.2 Å². The molecule has 0 saturated heterocycles. The highest BCUT2D eigenvalue weighted by molar-refractivity contribution is 6.06. The fraction of sp³-hybridized carbons (Fsp3) is 0.0952. The number of esters is 1. The van der Waals surface area contributed by atoms with Crippen molar-refractivity contribution in [3.63, 3.8) is 0 Å². The molecule has 0 aliphatic rings. The Bertz CT molecular complexity index is 1070. The first-order chi connectivity index (χ1) is 14.5. The number of nitro benzene ring substituents is 1. The summed E-state index contributed by atoms with van der Waals surface area (Å²) in [5.41, 5.74) is 1.09. The Morgan fingerprint density at radius 2 is 1.77 bits per heavy atom. The molecule has 0 aliphatic heterocycles. The van der Waals surface area contributed by atoms with Gasteiger partial charge in [0.2, 0.25) is 0 Å². The summed E-state index contributed by atoms with van der Waals surface area (Å²) in [4.78, 5) is 39.1. The summed E-state index contributed by atoms with van der Waals surface area (Å²) in [6.45, 7) is 1.72. The number of carbonyl (C=O) groups is 2. The Morgan fingerprint density at radius 1 is 1.03 bits per heavy atom. The average Bonchev–Trinajstić information content (AvgIpc) is 2.75. The SMILES string of the molecule is CCOC(=O)c1cc(C(=O)Nc2ccc(Nc3ccccc3)cn2)cc([N+](=O)[O-])c1. The lowest BCUT2D eigenvalue weighted by atomic mass is 10.1. The smallest absolute Gasteiger partial charge is 0.338 e. The second kappa shape index (κ2) is 9.28. The molecule has 1 aromatic heterocycles. The van der Waals surface area contributed by atoms with E-state index in [0.717, 1.165) is 23.5 Å². The number of nitrogens with zero attached hydrogens (tertiary/aromatic N) is 2. The molecule has 0 radical (unpaired) electrons. The molecule has 0 spiro atoms. The van der Waals surface area contributed by atoms with Crippen molar-refractivity contribution in [1.82, 2.24) is 4.98 Å². The van der Waals surface area contributed by atoms with Crippen LogP contribution in [0.5, 0.6) is 0 Å². The van der Waals surface area contributed by atoms with Crippen molar-refractivity contribution in [2.45, 2.75) is 6.92 Å². The molecule has 0 saturated carbocycles. The number of benzene rings is 2. The number of hydrogen-bond acceptors (Lipinski definition) is 7. The fourth-order valence-electron chi connectivity index (χ4n) is 2.60. The van der Waals surface area contributed by atoms with Crippen LogP contribution in [0.4, 0.5) is 22.9 Å². The summed E-state index contributed by atoms with van der Waals surface area (Å²) >= 11 is 0. The molecule has 0 atom stereocenters. The van der Waals surface area contributed by atoms with Gasteiger partial charge in [-0.05, 0) is 37.3 Å². The minimum absolute atomic E-state index is 0.0551. The number of amides is 1. The van der Waals surface area contributed by atoms with E-state index in [4.69, 9.17) is 4.74 Å². The monoisotopic (exact) mass is 406 g/mol. The van der Waals surface area contributed by atoms with Gasteiger partial charge in [-0.15, -0.1) is 0 Å². The summed E-state index contributed by atoms with van der Waals surface area (Å²) in [6.07, 6.45) is 1.54. The van der Waals surface area contributed by atoms with Crippen LogP contribution < -0.4 is 10.6 Å². The van der Waals surface area contributed by atoms with E-state index in [1.54, 1.807) is 25.3 Å². The van der Waals surface area contributed by atoms with Crippen LogP contribution in [0.15, 0.2) is 66.9 Å². The van der Waals surface area contributed by atoms with Crippen molar-refractivity contribution in [2.75, 3.05) is 17.2 Å². The van der Waals surface area contributed by atoms with Crippen molar-refractivity contribution in [3.8, 4) is 0 Å². The van der Waals surface area contributed by atoms with Crippen molar-refractivity contribution >= 4 is 34.8 Å². The van der Waals surface area contributed by atoms with E-state index < -0.39 is 16.8 Å². The number of carbonyl (C=O) groups excluding carboxylic acids is 2. The van der Waals surface area contributed by atoms with Crippen LogP contribution in [0.2, 0.25) is 0 Å². The van der Waals surface area contributed by atoms with Gasteiger partial charge in [-0.2, -0.15) is 0 Å². The van der Waals surface area contributed by atoms with E-state index in [9.17, 15) is 19.7 Å². The molecular weight excluding hydrogens is 388 g/mol. The largest absolute Gasteiger partial charge is 0.462 e. The minimum atomic E-state index is -0.746. The molecule has 0 aliphatic carbocycles. The summed E-state index contributed by atoms with van der Waals surface area (Å²) in [7, 11) is 0. The zero-order valence-corrected chi connectivity index (χ0v) is 16.0. The predicted molar refractivity (Wildman–Crippen MR) is 111 cm³/mol. The maximum absolute atomic E-state index is 12.6. The second-order valence-corrected chi connectivity index (χ2v) is 6.12. The number of pyridine rings is 1. The Kier molecular flexibility index (Phi) is 6.33. The summed E-state index contributed by atoms with van der Waals surface area (Å²) in [5.74, 6) is -1.13. The van der Waals surface area contributed by atoms with Gasteiger partial charge in [0.15, 0.2) is 0 Å². The summed E-state index contributed by atoms with van der Waals surface area (Å²) in [6, 6.07) is 16.2. The zero-order chi connectivity index (χ0) is 21.5. The lowest BCUT2D eigenvalue weighted by Gasteiger charge is -2.09. The van der Waals surface area contributed by atoms with E-state index >= 15 is 0 Å². The van der Waals surface area contributed by atoms with E-state index in [2.05, 4.69) is 15.6 Å². The van der Waals surface area contributed by atoms with E-state index in [-0.39, 0.29) is 29.2 Å². The van der Waals surface area contributed by atoms with Gasteiger partial charge in [-0.25, -0.2) is 9.78 Å². The van der Waals surface area contributed by atoms with Crippen LogP contribution >= 0.6 is 0 Å². The molecule has 152 valence electrons. The number of nitrogens with one attached hydrogen (secondary N) is 2. The molecule has 9 heteroatoms.